The molecule has 0 aliphatic heterocycles. The van der Waals surface area contributed by atoms with Gasteiger partial charge < -0.3 is 19.9 Å². The van der Waals surface area contributed by atoms with Crippen molar-refractivity contribution in [1.82, 2.24) is 0 Å². The number of ether oxygens (including phenoxy) is 2. The van der Waals surface area contributed by atoms with Crippen LogP contribution in [0.5, 0.6) is 23.0 Å². The molecule has 5 rings (SSSR count). The van der Waals surface area contributed by atoms with Crippen molar-refractivity contribution >= 4 is 67.1 Å². The van der Waals surface area contributed by atoms with Gasteiger partial charge in [-0.2, -0.15) is 8.42 Å². The maximum atomic E-state index is 12.8. The predicted octanol–water partition coefficient (Wildman–Crippen LogP) is 8.63. The van der Waals surface area contributed by atoms with Gasteiger partial charge in [0.25, 0.3) is 16.0 Å². The highest BCUT2D eigenvalue weighted by molar-refractivity contribution is 7.86. The number of carbonyl (C=O) groups excluding carboxylic acids is 1. The minimum atomic E-state index is -4.70. The van der Waals surface area contributed by atoms with Crippen LogP contribution in [0.1, 0.15) is 5.56 Å². The minimum Gasteiger partial charge on any atom is -0.505 e. The van der Waals surface area contributed by atoms with Gasteiger partial charge >= 0.3 is 0 Å². The Morgan fingerprint density at radius 3 is 2.30 bits per heavy atom. The summed E-state index contributed by atoms with van der Waals surface area (Å²) in [5, 5.41) is 22.7. The Labute approximate surface area is 262 Å². The number of fused-ring (bicyclic) bond motifs is 1. The molecule has 0 saturated carbocycles. The zero-order valence-corrected chi connectivity index (χ0v) is 25.2. The molecule has 224 valence electrons. The first-order valence-electron chi connectivity index (χ1n) is 12.9. The number of hydrogen-bond acceptors (Lipinski definition) is 8. The number of aryl methyl sites for hydroxylation is 1. The number of halogens is 2. The lowest BCUT2D eigenvalue weighted by molar-refractivity contribution is -0.118. The molecule has 0 radical (unpaired) electrons. The van der Waals surface area contributed by atoms with Crippen molar-refractivity contribution in [2.45, 2.75) is 11.8 Å². The van der Waals surface area contributed by atoms with E-state index in [2.05, 4.69) is 15.5 Å². The number of azo groups is 1. The summed E-state index contributed by atoms with van der Waals surface area (Å²) < 4.78 is 45.5. The number of phenolic OH excluding ortho intramolecular Hbond substituents is 1. The van der Waals surface area contributed by atoms with Crippen LogP contribution in [0.25, 0.3) is 10.8 Å². The molecule has 0 aliphatic carbocycles. The molecule has 5 aromatic rings. The summed E-state index contributed by atoms with van der Waals surface area (Å²) >= 11 is 12.0. The Morgan fingerprint density at radius 2 is 1.57 bits per heavy atom. The van der Waals surface area contributed by atoms with Crippen LogP contribution >= 0.6 is 23.2 Å². The number of nitrogens with one attached hydrogen (secondary N) is 1. The summed E-state index contributed by atoms with van der Waals surface area (Å²) in [5.41, 5.74) is 1.25. The van der Waals surface area contributed by atoms with Crippen LogP contribution in [-0.2, 0) is 14.9 Å². The van der Waals surface area contributed by atoms with Crippen LogP contribution in [0, 0.1) is 6.92 Å². The van der Waals surface area contributed by atoms with Crippen molar-refractivity contribution in [3.63, 3.8) is 0 Å². The first kappa shape index (κ1) is 30.8. The minimum absolute atomic E-state index is 0.0287. The van der Waals surface area contributed by atoms with Crippen molar-refractivity contribution in [1.29, 1.82) is 0 Å². The Kier molecular flexibility index (Phi) is 9.02. The molecule has 44 heavy (non-hydrogen) atoms. The standard InChI is InChI=1S/C31H23Cl2N3O7S/c1-18-6-2-4-8-25(18)43-27-9-5-3-7-22(27)35-36-24-12-11-20-28(44(39,40)41)15-13-23(30(20)31(24)38)34-29(37)17-42-26-14-10-19(32)16-21(26)33/h2-16,38H,17H2,1H3,(H,34,37)(H,39,40,41). The Bertz CT molecular complexity index is 2040. The molecular weight excluding hydrogens is 629 g/mol. The molecule has 13 heteroatoms. The fourth-order valence-corrected chi connectivity index (χ4v) is 5.40. The van der Waals surface area contributed by atoms with Crippen molar-refractivity contribution in [3.05, 3.63) is 107 Å². The number of anilines is 1. The smallest absolute Gasteiger partial charge is 0.295 e. The molecule has 0 spiro atoms. The molecule has 0 aromatic heterocycles. The summed E-state index contributed by atoms with van der Waals surface area (Å²) in [6.45, 7) is 1.43. The number of para-hydroxylation sites is 2. The largest absolute Gasteiger partial charge is 0.505 e. The van der Waals surface area contributed by atoms with E-state index in [0.717, 1.165) is 11.6 Å². The number of nitrogens with zero attached hydrogens (tertiary/aromatic N) is 2. The molecule has 1 amide bonds. The van der Waals surface area contributed by atoms with E-state index in [1.54, 1.807) is 30.3 Å². The van der Waals surface area contributed by atoms with Gasteiger partial charge in [0.1, 0.15) is 27.8 Å². The van der Waals surface area contributed by atoms with Gasteiger partial charge in [0, 0.05) is 10.4 Å². The van der Waals surface area contributed by atoms with Gasteiger partial charge in [-0.25, -0.2) is 0 Å². The van der Waals surface area contributed by atoms with Crippen LogP contribution in [0.2, 0.25) is 10.0 Å². The van der Waals surface area contributed by atoms with E-state index in [4.69, 9.17) is 32.7 Å². The number of rotatable bonds is 9. The van der Waals surface area contributed by atoms with Crippen molar-refractivity contribution < 1.29 is 32.3 Å². The van der Waals surface area contributed by atoms with Crippen molar-refractivity contribution in [2.75, 3.05) is 11.9 Å². The Balaban J connectivity index is 1.48. The van der Waals surface area contributed by atoms with E-state index >= 15 is 0 Å². The number of benzene rings is 5. The Hall–Kier alpha value is -4.68. The van der Waals surface area contributed by atoms with Crippen LogP contribution in [0.3, 0.4) is 0 Å². The fourth-order valence-electron chi connectivity index (χ4n) is 4.25. The summed E-state index contributed by atoms with van der Waals surface area (Å²) in [6.07, 6.45) is 0. The highest BCUT2D eigenvalue weighted by Gasteiger charge is 2.21. The molecule has 3 N–H and O–H groups in total. The molecule has 10 nitrogen and oxygen atoms in total. The van der Waals surface area contributed by atoms with Crippen LogP contribution in [0.4, 0.5) is 17.1 Å². The molecule has 0 fully saturated rings. The monoisotopic (exact) mass is 651 g/mol. The SMILES string of the molecule is Cc1ccccc1Oc1ccccc1N=Nc1ccc2c(S(=O)(=O)O)ccc(NC(=O)COc3ccc(Cl)cc3Cl)c2c1O. The topological polar surface area (TPSA) is 147 Å². The predicted molar refractivity (Wildman–Crippen MR) is 168 cm³/mol. The van der Waals surface area contributed by atoms with Gasteiger partial charge in [-0.15, -0.1) is 10.2 Å². The first-order valence-corrected chi connectivity index (χ1v) is 15.1. The summed E-state index contributed by atoms with van der Waals surface area (Å²) in [7, 11) is -4.70. The van der Waals surface area contributed by atoms with E-state index in [1.807, 2.05) is 31.2 Å². The molecule has 0 heterocycles. The van der Waals surface area contributed by atoms with E-state index in [1.165, 1.54) is 30.3 Å². The van der Waals surface area contributed by atoms with E-state index < -0.39 is 33.3 Å². The van der Waals surface area contributed by atoms with E-state index in [0.29, 0.717) is 22.2 Å². The first-order chi connectivity index (χ1) is 21.0. The van der Waals surface area contributed by atoms with Crippen LogP contribution in [-0.4, -0.2) is 30.6 Å². The number of aromatic hydroxyl groups is 1. The quantitative estimate of drug-likeness (QED) is 0.107. The van der Waals surface area contributed by atoms with E-state index in [9.17, 15) is 22.9 Å². The summed E-state index contributed by atoms with van der Waals surface area (Å²) in [5.74, 6) is 0.115. The zero-order chi connectivity index (χ0) is 31.4. The Morgan fingerprint density at radius 1 is 0.864 bits per heavy atom. The van der Waals surface area contributed by atoms with Crippen molar-refractivity contribution in [2.24, 2.45) is 10.2 Å². The lowest BCUT2D eigenvalue weighted by Gasteiger charge is -2.14. The van der Waals surface area contributed by atoms with Gasteiger partial charge in [-0.3, -0.25) is 9.35 Å². The van der Waals surface area contributed by atoms with Gasteiger partial charge in [0.15, 0.2) is 18.1 Å². The molecular formula is C31H23Cl2N3O7S. The lowest BCUT2D eigenvalue weighted by Crippen LogP contribution is -2.20. The third kappa shape index (κ3) is 6.92. The second-order valence-corrected chi connectivity index (χ2v) is 11.6. The third-order valence-corrected chi connectivity index (χ3v) is 7.78. The normalized spacial score (nSPS) is 11.5. The molecule has 0 saturated heterocycles. The molecule has 0 unspecified atom stereocenters. The van der Waals surface area contributed by atoms with Crippen LogP contribution in [0.15, 0.2) is 106 Å². The number of amides is 1. The van der Waals surface area contributed by atoms with Gasteiger partial charge in [-0.1, -0.05) is 59.6 Å². The molecule has 5 aromatic carbocycles. The highest BCUT2D eigenvalue weighted by atomic mass is 35.5. The second-order valence-electron chi connectivity index (χ2n) is 9.39. The van der Waals surface area contributed by atoms with Gasteiger partial charge in [0.2, 0.25) is 0 Å². The number of carbonyl (C=O) groups is 1. The van der Waals surface area contributed by atoms with Crippen LogP contribution < -0.4 is 14.8 Å². The van der Waals surface area contributed by atoms with Gasteiger partial charge in [-0.05, 0) is 67.1 Å². The molecule has 0 atom stereocenters. The van der Waals surface area contributed by atoms with Crippen molar-refractivity contribution in [3.8, 4) is 23.0 Å². The average molecular weight is 653 g/mol. The maximum absolute atomic E-state index is 12.8. The highest BCUT2D eigenvalue weighted by Crippen LogP contribution is 2.43. The second kappa shape index (κ2) is 12.9. The van der Waals surface area contributed by atoms with E-state index in [-0.39, 0.29) is 32.9 Å². The molecule has 0 aliphatic rings. The summed E-state index contributed by atoms with van der Waals surface area (Å²) in [4.78, 5) is 12.3. The maximum Gasteiger partial charge on any atom is 0.295 e. The van der Waals surface area contributed by atoms with Gasteiger partial charge in [0.05, 0.1) is 16.1 Å². The summed E-state index contributed by atoms with van der Waals surface area (Å²) in [6, 6.07) is 23.9. The fraction of sp³-hybridized carbons (Fsp3) is 0.0645. The molecule has 0 bridgehead atoms. The third-order valence-electron chi connectivity index (χ3n) is 6.34. The number of phenols is 1. The number of hydrogen-bond donors (Lipinski definition) is 3. The zero-order valence-electron chi connectivity index (χ0n) is 22.9. The lowest BCUT2D eigenvalue weighted by atomic mass is 10.1. The average Bonchev–Trinajstić information content (AvgIpc) is 2.97.